The van der Waals surface area contributed by atoms with E-state index in [0.29, 0.717) is 29.5 Å². The highest BCUT2D eigenvalue weighted by molar-refractivity contribution is 5.85. The van der Waals surface area contributed by atoms with Crippen LogP contribution in [0.1, 0.15) is 6.92 Å². The van der Waals surface area contributed by atoms with Gasteiger partial charge in [0.05, 0.1) is 6.10 Å². The molecule has 0 fully saturated rings. The lowest BCUT2D eigenvalue weighted by Gasteiger charge is -2.10. The lowest BCUT2D eigenvalue weighted by Crippen LogP contribution is -2.17. The first-order valence-corrected chi connectivity index (χ1v) is 6.95. The summed E-state index contributed by atoms with van der Waals surface area (Å²) in [6.45, 7) is 2.06. The SMILES string of the molecule is CC(O)CNc1nc(Nc2ccccc2)c2nnn(C)c2n1. The maximum absolute atomic E-state index is 9.38. The molecule has 1 unspecified atom stereocenters. The van der Waals surface area contributed by atoms with E-state index >= 15 is 0 Å². The number of aliphatic hydroxyl groups excluding tert-OH is 1. The number of hydrogen-bond donors (Lipinski definition) is 3. The van der Waals surface area contributed by atoms with Gasteiger partial charge >= 0.3 is 0 Å². The highest BCUT2D eigenvalue weighted by Crippen LogP contribution is 2.22. The monoisotopic (exact) mass is 299 g/mol. The second-order valence-electron chi connectivity index (χ2n) is 5.00. The number of nitrogens with one attached hydrogen (secondary N) is 2. The van der Waals surface area contributed by atoms with Crippen LogP contribution in [-0.4, -0.2) is 42.7 Å². The predicted molar refractivity (Wildman–Crippen MR) is 84.0 cm³/mol. The fourth-order valence-electron chi connectivity index (χ4n) is 1.98. The molecule has 0 saturated heterocycles. The minimum atomic E-state index is -0.491. The number of anilines is 3. The highest BCUT2D eigenvalue weighted by Gasteiger charge is 2.13. The van der Waals surface area contributed by atoms with E-state index in [1.165, 1.54) is 0 Å². The van der Waals surface area contributed by atoms with Gasteiger partial charge in [-0.25, -0.2) is 4.68 Å². The Morgan fingerprint density at radius 3 is 2.73 bits per heavy atom. The number of nitrogens with zero attached hydrogens (tertiary/aromatic N) is 5. The van der Waals surface area contributed by atoms with E-state index in [1.807, 2.05) is 30.3 Å². The third-order valence-corrected chi connectivity index (χ3v) is 3.04. The third-order valence-electron chi connectivity index (χ3n) is 3.04. The molecule has 3 N–H and O–H groups in total. The first-order valence-electron chi connectivity index (χ1n) is 6.95. The number of hydrogen-bond acceptors (Lipinski definition) is 7. The smallest absolute Gasteiger partial charge is 0.226 e. The average molecular weight is 299 g/mol. The Balaban J connectivity index is 1.99. The van der Waals surface area contributed by atoms with Crippen molar-refractivity contribution in [3.8, 4) is 0 Å². The van der Waals surface area contributed by atoms with Gasteiger partial charge in [0.15, 0.2) is 17.0 Å². The quantitative estimate of drug-likeness (QED) is 0.652. The molecule has 0 aliphatic carbocycles. The molecule has 0 amide bonds. The van der Waals surface area contributed by atoms with Crippen LogP contribution < -0.4 is 10.6 Å². The molecule has 2 aromatic heterocycles. The largest absolute Gasteiger partial charge is 0.392 e. The molecule has 3 rings (SSSR count). The Kier molecular flexibility index (Phi) is 3.84. The van der Waals surface area contributed by atoms with E-state index in [4.69, 9.17) is 0 Å². The van der Waals surface area contributed by atoms with Crippen molar-refractivity contribution in [3.63, 3.8) is 0 Å². The average Bonchev–Trinajstić information content (AvgIpc) is 2.88. The topological polar surface area (TPSA) is 101 Å². The molecule has 0 spiro atoms. The van der Waals surface area contributed by atoms with Gasteiger partial charge in [0.1, 0.15) is 0 Å². The minimum absolute atomic E-state index is 0.363. The first kappa shape index (κ1) is 14.2. The molecule has 8 nitrogen and oxygen atoms in total. The molecule has 0 aliphatic rings. The zero-order chi connectivity index (χ0) is 15.5. The fourth-order valence-corrected chi connectivity index (χ4v) is 1.98. The van der Waals surface area contributed by atoms with E-state index < -0.39 is 6.10 Å². The summed E-state index contributed by atoms with van der Waals surface area (Å²) < 4.78 is 1.58. The summed E-state index contributed by atoms with van der Waals surface area (Å²) >= 11 is 0. The minimum Gasteiger partial charge on any atom is -0.392 e. The Morgan fingerprint density at radius 2 is 2.00 bits per heavy atom. The van der Waals surface area contributed by atoms with Crippen LogP contribution in [0.25, 0.3) is 11.2 Å². The summed E-state index contributed by atoms with van der Waals surface area (Å²) in [5, 5.41) is 23.7. The highest BCUT2D eigenvalue weighted by atomic mass is 16.3. The van der Waals surface area contributed by atoms with Crippen molar-refractivity contribution in [1.29, 1.82) is 0 Å². The number of aliphatic hydroxyl groups is 1. The van der Waals surface area contributed by atoms with Gasteiger partial charge < -0.3 is 15.7 Å². The zero-order valence-electron chi connectivity index (χ0n) is 12.4. The zero-order valence-corrected chi connectivity index (χ0v) is 12.4. The molecule has 114 valence electrons. The van der Waals surface area contributed by atoms with Gasteiger partial charge in [0, 0.05) is 19.3 Å². The second kappa shape index (κ2) is 5.94. The molecular formula is C14H17N7O. The Hall–Kier alpha value is -2.74. The van der Waals surface area contributed by atoms with Crippen LogP contribution >= 0.6 is 0 Å². The molecule has 3 aromatic rings. The number of benzene rings is 1. The van der Waals surface area contributed by atoms with Crippen LogP contribution in [0.3, 0.4) is 0 Å². The van der Waals surface area contributed by atoms with E-state index in [-0.39, 0.29) is 0 Å². The molecule has 1 aromatic carbocycles. The molecule has 22 heavy (non-hydrogen) atoms. The van der Waals surface area contributed by atoms with Crippen molar-refractivity contribution >= 4 is 28.6 Å². The van der Waals surface area contributed by atoms with Gasteiger partial charge in [-0.1, -0.05) is 23.4 Å². The molecular weight excluding hydrogens is 282 g/mol. The van der Waals surface area contributed by atoms with Crippen LogP contribution in [0.2, 0.25) is 0 Å². The van der Waals surface area contributed by atoms with Crippen molar-refractivity contribution in [2.24, 2.45) is 7.05 Å². The maximum Gasteiger partial charge on any atom is 0.226 e. The van der Waals surface area contributed by atoms with Crippen LogP contribution in [0.15, 0.2) is 30.3 Å². The van der Waals surface area contributed by atoms with Crippen LogP contribution in [-0.2, 0) is 7.05 Å². The van der Waals surface area contributed by atoms with Crippen molar-refractivity contribution in [1.82, 2.24) is 25.0 Å². The Bertz CT molecular complexity index is 769. The molecule has 0 radical (unpaired) electrons. The number of rotatable bonds is 5. The number of para-hydroxylation sites is 1. The summed E-state index contributed by atoms with van der Waals surface area (Å²) in [6, 6.07) is 9.69. The summed E-state index contributed by atoms with van der Waals surface area (Å²) in [7, 11) is 1.77. The standard InChI is InChI=1S/C14H17N7O/c1-9(22)8-15-14-17-12(16-10-6-4-3-5-7-10)11-13(18-14)21(2)20-19-11/h3-7,9,22H,8H2,1-2H3,(H2,15,16,17,18). The molecule has 0 bridgehead atoms. The number of aryl methyl sites for hydroxylation is 1. The predicted octanol–water partition coefficient (Wildman–Crippen LogP) is 1.29. The van der Waals surface area contributed by atoms with E-state index in [9.17, 15) is 5.11 Å². The van der Waals surface area contributed by atoms with Crippen LogP contribution in [0, 0.1) is 0 Å². The third kappa shape index (κ3) is 2.96. The van der Waals surface area contributed by atoms with E-state index in [2.05, 4.69) is 30.9 Å². The Labute approximate surface area is 127 Å². The van der Waals surface area contributed by atoms with Crippen molar-refractivity contribution in [3.05, 3.63) is 30.3 Å². The second-order valence-corrected chi connectivity index (χ2v) is 5.00. The Morgan fingerprint density at radius 1 is 1.23 bits per heavy atom. The molecule has 8 heteroatoms. The van der Waals surface area contributed by atoms with Crippen LogP contribution in [0.5, 0.6) is 0 Å². The van der Waals surface area contributed by atoms with Gasteiger partial charge in [-0.15, -0.1) is 5.10 Å². The molecule has 1 atom stereocenters. The molecule has 2 heterocycles. The fraction of sp³-hybridized carbons (Fsp3) is 0.286. The normalized spacial score (nSPS) is 12.3. The van der Waals surface area contributed by atoms with Gasteiger partial charge in [0.2, 0.25) is 5.95 Å². The van der Waals surface area contributed by atoms with Crippen molar-refractivity contribution in [2.75, 3.05) is 17.2 Å². The van der Waals surface area contributed by atoms with E-state index in [0.717, 1.165) is 5.69 Å². The van der Waals surface area contributed by atoms with Gasteiger partial charge in [-0.3, -0.25) is 0 Å². The first-order chi connectivity index (χ1) is 10.6. The van der Waals surface area contributed by atoms with Crippen molar-refractivity contribution in [2.45, 2.75) is 13.0 Å². The maximum atomic E-state index is 9.38. The van der Waals surface area contributed by atoms with Crippen molar-refractivity contribution < 1.29 is 5.11 Å². The van der Waals surface area contributed by atoms with Crippen LogP contribution in [0.4, 0.5) is 17.5 Å². The number of aromatic nitrogens is 5. The molecule has 0 aliphatic heterocycles. The molecule has 0 saturated carbocycles. The van der Waals surface area contributed by atoms with Gasteiger partial charge in [0.25, 0.3) is 0 Å². The lowest BCUT2D eigenvalue weighted by atomic mass is 10.3. The number of fused-ring (bicyclic) bond motifs is 1. The van der Waals surface area contributed by atoms with Gasteiger partial charge in [-0.05, 0) is 19.1 Å². The summed E-state index contributed by atoms with van der Waals surface area (Å²) in [5.74, 6) is 0.981. The lowest BCUT2D eigenvalue weighted by molar-refractivity contribution is 0.208. The summed E-state index contributed by atoms with van der Waals surface area (Å²) in [6.07, 6.45) is -0.491. The van der Waals surface area contributed by atoms with E-state index in [1.54, 1.807) is 18.7 Å². The summed E-state index contributed by atoms with van der Waals surface area (Å²) in [5.41, 5.74) is 2.10. The van der Waals surface area contributed by atoms with Gasteiger partial charge in [-0.2, -0.15) is 9.97 Å². The summed E-state index contributed by atoms with van der Waals surface area (Å²) in [4.78, 5) is 8.79.